The number of aromatic nitrogens is 2. The van der Waals surface area contributed by atoms with Gasteiger partial charge in [0.25, 0.3) is 0 Å². The van der Waals surface area contributed by atoms with Crippen molar-refractivity contribution in [1.29, 1.82) is 0 Å². The number of nitrogens with two attached hydrogens (primary N) is 1. The van der Waals surface area contributed by atoms with Gasteiger partial charge < -0.3 is 19.8 Å². The monoisotopic (exact) mass is 275 g/mol. The highest BCUT2D eigenvalue weighted by Gasteiger charge is 2.11. The zero-order valence-corrected chi connectivity index (χ0v) is 12.2. The summed E-state index contributed by atoms with van der Waals surface area (Å²) in [6.07, 6.45) is 3.53. The van der Waals surface area contributed by atoms with Crippen molar-refractivity contribution < 1.29 is 9.47 Å². The number of rotatable bonds is 6. The number of hydrogen-bond acceptors (Lipinski definition) is 4. The lowest BCUT2D eigenvalue weighted by atomic mass is 10.2. The number of imidazole rings is 1. The van der Waals surface area contributed by atoms with Crippen LogP contribution < -0.4 is 15.2 Å². The molecule has 0 bridgehead atoms. The first-order chi connectivity index (χ1) is 9.67. The van der Waals surface area contributed by atoms with Gasteiger partial charge in [0, 0.05) is 12.1 Å². The third-order valence-electron chi connectivity index (χ3n) is 2.94. The van der Waals surface area contributed by atoms with E-state index in [1.807, 2.05) is 43.5 Å². The normalized spacial score (nSPS) is 12.2. The summed E-state index contributed by atoms with van der Waals surface area (Å²) in [7, 11) is 0. The van der Waals surface area contributed by atoms with Crippen molar-refractivity contribution in [1.82, 2.24) is 9.55 Å². The molecule has 5 heteroatoms. The second-order valence-corrected chi connectivity index (χ2v) is 4.47. The summed E-state index contributed by atoms with van der Waals surface area (Å²) < 4.78 is 13.2. The molecule has 1 atom stereocenters. The molecule has 2 rings (SSSR count). The summed E-state index contributed by atoms with van der Waals surface area (Å²) in [6.45, 7) is 7.04. The molecule has 2 N–H and O–H groups in total. The maximum Gasteiger partial charge on any atom is 0.163 e. The van der Waals surface area contributed by atoms with Crippen LogP contribution in [0.5, 0.6) is 11.5 Å². The van der Waals surface area contributed by atoms with Crippen molar-refractivity contribution in [2.75, 3.05) is 13.2 Å². The zero-order valence-electron chi connectivity index (χ0n) is 12.2. The highest BCUT2D eigenvalue weighted by Crippen LogP contribution is 2.30. The lowest BCUT2D eigenvalue weighted by molar-refractivity contribution is 0.287. The van der Waals surface area contributed by atoms with Gasteiger partial charge in [-0.1, -0.05) is 0 Å². The lowest BCUT2D eigenvalue weighted by Gasteiger charge is -2.15. The highest BCUT2D eigenvalue weighted by molar-refractivity contribution is 5.49. The van der Waals surface area contributed by atoms with Crippen LogP contribution in [0.2, 0.25) is 0 Å². The van der Waals surface area contributed by atoms with E-state index in [9.17, 15) is 0 Å². The van der Waals surface area contributed by atoms with Crippen LogP contribution in [0.15, 0.2) is 30.7 Å². The van der Waals surface area contributed by atoms with Crippen LogP contribution in [0.3, 0.4) is 0 Å². The molecule has 0 radical (unpaired) electrons. The van der Waals surface area contributed by atoms with Gasteiger partial charge in [-0.2, -0.15) is 0 Å². The topological polar surface area (TPSA) is 62.3 Å². The molecule has 0 unspecified atom stereocenters. The Morgan fingerprint density at radius 3 is 2.55 bits per heavy atom. The molecular formula is C15H21N3O2. The molecule has 0 aliphatic carbocycles. The molecule has 108 valence electrons. The molecular weight excluding hydrogens is 254 g/mol. The van der Waals surface area contributed by atoms with Crippen molar-refractivity contribution in [3.63, 3.8) is 0 Å². The molecule has 0 amide bonds. The van der Waals surface area contributed by atoms with Crippen LogP contribution in [-0.2, 0) is 0 Å². The Labute approximate surface area is 119 Å². The fourth-order valence-corrected chi connectivity index (χ4v) is 2.05. The number of ether oxygens (including phenoxy) is 2. The number of benzene rings is 1. The first-order valence-corrected chi connectivity index (χ1v) is 6.85. The second kappa shape index (κ2) is 6.43. The van der Waals surface area contributed by atoms with E-state index >= 15 is 0 Å². The molecule has 5 nitrogen and oxygen atoms in total. The minimum Gasteiger partial charge on any atom is -0.490 e. The third kappa shape index (κ3) is 2.93. The Kier molecular flexibility index (Phi) is 4.63. The maximum atomic E-state index is 5.95. The van der Waals surface area contributed by atoms with Crippen molar-refractivity contribution in [2.45, 2.75) is 26.8 Å². The lowest BCUT2D eigenvalue weighted by Crippen LogP contribution is -2.10. The first-order valence-electron chi connectivity index (χ1n) is 6.85. The van der Waals surface area contributed by atoms with Crippen molar-refractivity contribution >= 4 is 0 Å². The van der Waals surface area contributed by atoms with E-state index in [2.05, 4.69) is 4.98 Å². The molecule has 0 aliphatic rings. The van der Waals surface area contributed by atoms with Crippen molar-refractivity contribution in [3.05, 3.63) is 36.4 Å². The van der Waals surface area contributed by atoms with Gasteiger partial charge in [0.2, 0.25) is 0 Å². The van der Waals surface area contributed by atoms with Gasteiger partial charge in [0.05, 0.1) is 37.1 Å². The minimum atomic E-state index is -0.0837. The Bertz CT molecular complexity index is 564. The fraction of sp³-hybridized carbons (Fsp3) is 0.400. The predicted octanol–water partition coefficient (Wildman–Crippen LogP) is 2.69. The van der Waals surface area contributed by atoms with Gasteiger partial charge in [-0.15, -0.1) is 0 Å². The molecule has 0 saturated heterocycles. The smallest absolute Gasteiger partial charge is 0.163 e. The van der Waals surface area contributed by atoms with Gasteiger partial charge in [-0.05, 0) is 32.9 Å². The molecule has 1 aromatic heterocycles. The van der Waals surface area contributed by atoms with Gasteiger partial charge in [0.1, 0.15) is 0 Å². The Balaban J connectivity index is 2.42. The molecule has 20 heavy (non-hydrogen) atoms. The summed E-state index contributed by atoms with van der Waals surface area (Å²) in [6, 6.07) is 5.75. The van der Waals surface area contributed by atoms with Crippen LogP contribution in [0.25, 0.3) is 5.69 Å². The molecule has 1 aromatic carbocycles. The highest BCUT2D eigenvalue weighted by atomic mass is 16.5. The molecule has 0 saturated carbocycles. The summed E-state index contributed by atoms with van der Waals surface area (Å²) in [4.78, 5) is 4.17. The Morgan fingerprint density at radius 2 is 1.90 bits per heavy atom. The molecule has 2 aromatic rings. The molecule has 0 fully saturated rings. The van der Waals surface area contributed by atoms with E-state index < -0.39 is 0 Å². The summed E-state index contributed by atoms with van der Waals surface area (Å²) >= 11 is 0. The minimum absolute atomic E-state index is 0.0837. The summed E-state index contributed by atoms with van der Waals surface area (Å²) in [5, 5.41) is 0. The summed E-state index contributed by atoms with van der Waals surface area (Å²) in [5.41, 5.74) is 7.87. The van der Waals surface area contributed by atoms with Crippen LogP contribution in [0.1, 0.15) is 32.5 Å². The van der Waals surface area contributed by atoms with Crippen LogP contribution in [0, 0.1) is 0 Å². The van der Waals surface area contributed by atoms with E-state index in [1.165, 1.54) is 0 Å². The van der Waals surface area contributed by atoms with Crippen molar-refractivity contribution in [2.24, 2.45) is 5.73 Å². The van der Waals surface area contributed by atoms with E-state index in [1.54, 1.807) is 12.5 Å². The van der Waals surface area contributed by atoms with Crippen molar-refractivity contribution in [3.8, 4) is 17.2 Å². The number of nitrogens with zero attached hydrogens (tertiary/aromatic N) is 2. The predicted molar refractivity (Wildman–Crippen MR) is 78.5 cm³/mol. The average Bonchev–Trinajstić information content (AvgIpc) is 2.91. The average molecular weight is 275 g/mol. The maximum absolute atomic E-state index is 5.95. The number of hydrogen-bond donors (Lipinski definition) is 1. The van der Waals surface area contributed by atoms with Gasteiger partial charge in [-0.25, -0.2) is 4.98 Å². The van der Waals surface area contributed by atoms with Crippen LogP contribution >= 0.6 is 0 Å². The second-order valence-electron chi connectivity index (χ2n) is 4.47. The Morgan fingerprint density at radius 1 is 1.20 bits per heavy atom. The molecule has 1 heterocycles. The molecule has 0 spiro atoms. The van der Waals surface area contributed by atoms with Crippen LogP contribution in [-0.4, -0.2) is 22.8 Å². The van der Waals surface area contributed by atoms with E-state index in [0.29, 0.717) is 13.2 Å². The zero-order chi connectivity index (χ0) is 14.5. The standard InChI is InChI=1S/C15H21N3O2/c1-4-19-14-7-6-12(8-15(14)20-5-2)18-10-17-9-13(18)11(3)16/h6-11H,4-5,16H2,1-3H3/t11-/m1/s1. The largest absolute Gasteiger partial charge is 0.490 e. The van der Waals surface area contributed by atoms with Crippen LogP contribution in [0.4, 0.5) is 0 Å². The first kappa shape index (κ1) is 14.4. The Hall–Kier alpha value is -2.01. The van der Waals surface area contributed by atoms with Gasteiger partial charge in [0.15, 0.2) is 11.5 Å². The third-order valence-corrected chi connectivity index (χ3v) is 2.94. The quantitative estimate of drug-likeness (QED) is 0.880. The van der Waals surface area contributed by atoms with Gasteiger partial charge >= 0.3 is 0 Å². The van der Waals surface area contributed by atoms with Gasteiger partial charge in [-0.3, -0.25) is 0 Å². The molecule has 0 aliphatic heterocycles. The summed E-state index contributed by atoms with van der Waals surface area (Å²) in [5.74, 6) is 1.48. The van der Waals surface area contributed by atoms with E-state index in [-0.39, 0.29) is 6.04 Å². The van der Waals surface area contributed by atoms with E-state index in [0.717, 1.165) is 22.9 Å². The fourth-order valence-electron chi connectivity index (χ4n) is 2.05. The SMILES string of the molecule is CCOc1ccc(-n2cncc2[C@@H](C)N)cc1OCC. The van der Waals surface area contributed by atoms with E-state index in [4.69, 9.17) is 15.2 Å².